The van der Waals surface area contributed by atoms with E-state index in [2.05, 4.69) is 73.1 Å². The second-order valence-electron chi connectivity index (χ2n) is 4.77. The van der Waals surface area contributed by atoms with E-state index in [1.807, 2.05) is 0 Å². The molecule has 0 fully saturated rings. The highest BCUT2D eigenvalue weighted by molar-refractivity contribution is 5.82. The van der Waals surface area contributed by atoms with Crippen LogP contribution in [0.3, 0.4) is 0 Å². The summed E-state index contributed by atoms with van der Waals surface area (Å²) in [4.78, 5) is 0. The van der Waals surface area contributed by atoms with E-state index in [0.29, 0.717) is 0 Å². The predicted octanol–water partition coefficient (Wildman–Crippen LogP) is 4.50. The summed E-state index contributed by atoms with van der Waals surface area (Å²) in [6, 6.07) is 17.6. The van der Waals surface area contributed by atoms with Crippen LogP contribution in [0.2, 0.25) is 0 Å². The van der Waals surface area contributed by atoms with Crippen LogP contribution in [0.15, 0.2) is 54.7 Å². The van der Waals surface area contributed by atoms with Crippen molar-refractivity contribution in [3.63, 3.8) is 0 Å². The Kier molecular flexibility index (Phi) is 2.67. The molecule has 1 heterocycles. The van der Waals surface area contributed by atoms with Crippen molar-refractivity contribution in [1.82, 2.24) is 4.57 Å². The topological polar surface area (TPSA) is 4.93 Å². The maximum Gasteiger partial charge on any atom is 0.0528 e. The van der Waals surface area contributed by atoms with Gasteiger partial charge in [-0.3, -0.25) is 0 Å². The van der Waals surface area contributed by atoms with Crippen LogP contribution in [0, 0.1) is 6.92 Å². The molecule has 1 heteroatoms. The molecule has 0 radical (unpaired) electrons. The van der Waals surface area contributed by atoms with Crippen molar-refractivity contribution in [2.75, 3.05) is 0 Å². The van der Waals surface area contributed by atoms with Gasteiger partial charge in [-0.25, -0.2) is 0 Å². The average Bonchev–Trinajstić information content (AvgIpc) is 2.81. The van der Waals surface area contributed by atoms with E-state index in [0.717, 1.165) is 6.42 Å². The van der Waals surface area contributed by atoms with E-state index >= 15 is 0 Å². The van der Waals surface area contributed by atoms with Gasteiger partial charge in [0.15, 0.2) is 0 Å². The maximum absolute atomic E-state index is 2.24. The number of aromatic nitrogens is 1. The molecule has 0 saturated heterocycles. The first-order chi connectivity index (χ1) is 8.78. The molecule has 0 saturated carbocycles. The monoisotopic (exact) mass is 235 g/mol. The molecule has 1 nitrogen and oxygen atoms in total. The van der Waals surface area contributed by atoms with Crippen LogP contribution in [0.25, 0.3) is 16.6 Å². The van der Waals surface area contributed by atoms with Crippen LogP contribution in [-0.4, -0.2) is 4.57 Å². The predicted molar refractivity (Wildman–Crippen MR) is 77.4 cm³/mol. The minimum atomic E-state index is 1.09. The molecule has 90 valence electrons. The lowest BCUT2D eigenvalue weighted by Crippen LogP contribution is -1.92. The number of hydrogen-bond acceptors (Lipinski definition) is 0. The van der Waals surface area contributed by atoms with Crippen molar-refractivity contribution in [3.05, 3.63) is 65.9 Å². The molecule has 0 aliphatic carbocycles. The second-order valence-corrected chi connectivity index (χ2v) is 4.77. The molecule has 3 rings (SSSR count). The van der Waals surface area contributed by atoms with E-state index in [1.54, 1.807) is 0 Å². The third kappa shape index (κ3) is 1.82. The largest absolute Gasteiger partial charge is 0.317 e. The highest BCUT2D eigenvalue weighted by Crippen LogP contribution is 2.21. The van der Waals surface area contributed by atoms with Gasteiger partial charge in [-0.15, -0.1) is 0 Å². The summed E-state index contributed by atoms with van der Waals surface area (Å²) in [6.45, 7) is 4.32. The normalized spacial score (nSPS) is 11.0. The fourth-order valence-electron chi connectivity index (χ4n) is 2.38. The van der Waals surface area contributed by atoms with Gasteiger partial charge in [-0.05, 0) is 49.2 Å². The zero-order chi connectivity index (χ0) is 12.5. The Morgan fingerprint density at radius 1 is 0.944 bits per heavy atom. The molecule has 0 aliphatic rings. The van der Waals surface area contributed by atoms with Crippen molar-refractivity contribution < 1.29 is 0 Å². The Hall–Kier alpha value is -2.02. The van der Waals surface area contributed by atoms with Crippen molar-refractivity contribution in [2.24, 2.45) is 0 Å². The molecule has 0 N–H and O–H groups in total. The SMILES string of the molecule is CCc1ccc(-n2ccc3cc(C)ccc32)cc1. The van der Waals surface area contributed by atoms with Crippen molar-refractivity contribution in [1.29, 1.82) is 0 Å². The summed E-state index contributed by atoms with van der Waals surface area (Å²) in [7, 11) is 0. The molecule has 0 bridgehead atoms. The Morgan fingerprint density at radius 3 is 2.44 bits per heavy atom. The number of hydrogen-bond donors (Lipinski definition) is 0. The fourth-order valence-corrected chi connectivity index (χ4v) is 2.38. The number of fused-ring (bicyclic) bond motifs is 1. The van der Waals surface area contributed by atoms with Crippen molar-refractivity contribution in [2.45, 2.75) is 20.3 Å². The number of benzene rings is 2. The van der Waals surface area contributed by atoms with Gasteiger partial charge >= 0.3 is 0 Å². The van der Waals surface area contributed by atoms with Crippen molar-refractivity contribution in [3.8, 4) is 5.69 Å². The van der Waals surface area contributed by atoms with Crippen LogP contribution in [0.5, 0.6) is 0 Å². The smallest absolute Gasteiger partial charge is 0.0528 e. The van der Waals surface area contributed by atoms with E-state index in [1.165, 1.54) is 27.7 Å². The van der Waals surface area contributed by atoms with Crippen LogP contribution >= 0.6 is 0 Å². The second kappa shape index (κ2) is 4.34. The number of rotatable bonds is 2. The Bertz CT molecular complexity index is 674. The molecular weight excluding hydrogens is 218 g/mol. The molecule has 2 aromatic carbocycles. The van der Waals surface area contributed by atoms with Gasteiger partial charge in [0.05, 0.1) is 5.52 Å². The lowest BCUT2D eigenvalue weighted by molar-refractivity contribution is 1.10. The summed E-state index contributed by atoms with van der Waals surface area (Å²) in [6.07, 6.45) is 3.23. The standard InChI is InChI=1S/C17H17N/c1-3-14-5-7-16(8-6-14)18-11-10-15-12-13(2)4-9-17(15)18/h4-12H,3H2,1-2H3. The zero-order valence-corrected chi connectivity index (χ0v) is 10.9. The van der Waals surface area contributed by atoms with Gasteiger partial charge in [0, 0.05) is 17.3 Å². The quantitative estimate of drug-likeness (QED) is 0.616. The van der Waals surface area contributed by atoms with Gasteiger partial charge in [-0.2, -0.15) is 0 Å². The molecular formula is C17H17N. The van der Waals surface area contributed by atoms with Crippen LogP contribution < -0.4 is 0 Å². The number of nitrogens with zero attached hydrogens (tertiary/aromatic N) is 1. The summed E-state index contributed by atoms with van der Waals surface area (Å²) >= 11 is 0. The lowest BCUT2D eigenvalue weighted by Gasteiger charge is -2.06. The van der Waals surface area contributed by atoms with E-state index in [9.17, 15) is 0 Å². The third-order valence-corrected chi connectivity index (χ3v) is 3.47. The summed E-state index contributed by atoms with van der Waals surface area (Å²) in [5.74, 6) is 0. The minimum Gasteiger partial charge on any atom is -0.317 e. The van der Waals surface area contributed by atoms with E-state index in [4.69, 9.17) is 0 Å². The molecule has 0 aliphatic heterocycles. The van der Waals surface area contributed by atoms with Gasteiger partial charge in [-0.1, -0.05) is 30.7 Å². The maximum atomic E-state index is 2.24. The highest BCUT2D eigenvalue weighted by atomic mass is 15.0. The average molecular weight is 235 g/mol. The van der Waals surface area contributed by atoms with Crippen LogP contribution in [0.4, 0.5) is 0 Å². The first kappa shape index (κ1) is 11.1. The Morgan fingerprint density at radius 2 is 1.72 bits per heavy atom. The Labute approximate surface area is 108 Å². The first-order valence-corrected chi connectivity index (χ1v) is 6.45. The van der Waals surface area contributed by atoms with Gasteiger partial charge in [0.2, 0.25) is 0 Å². The van der Waals surface area contributed by atoms with E-state index in [-0.39, 0.29) is 0 Å². The van der Waals surface area contributed by atoms with Crippen LogP contribution in [0.1, 0.15) is 18.1 Å². The fraction of sp³-hybridized carbons (Fsp3) is 0.176. The molecule has 18 heavy (non-hydrogen) atoms. The summed E-state index contributed by atoms with van der Waals surface area (Å²) in [5, 5.41) is 1.30. The molecule has 0 unspecified atom stereocenters. The van der Waals surface area contributed by atoms with Gasteiger partial charge < -0.3 is 4.57 Å². The van der Waals surface area contributed by atoms with Gasteiger partial charge in [0.25, 0.3) is 0 Å². The molecule has 0 spiro atoms. The van der Waals surface area contributed by atoms with E-state index < -0.39 is 0 Å². The summed E-state index contributed by atoms with van der Waals surface area (Å²) in [5.41, 5.74) is 5.18. The summed E-state index contributed by atoms with van der Waals surface area (Å²) < 4.78 is 2.24. The third-order valence-electron chi connectivity index (χ3n) is 3.47. The zero-order valence-electron chi connectivity index (χ0n) is 10.9. The highest BCUT2D eigenvalue weighted by Gasteiger charge is 2.02. The molecule has 0 atom stereocenters. The molecule has 3 aromatic rings. The van der Waals surface area contributed by atoms with Crippen LogP contribution in [-0.2, 0) is 6.42 Å². The molecule has 1 aromatic heterocycles. The Balaban J connectivity index is 2.13. The minimum absolute atomic E-state index is 1.09. The first-order valence-electron chi connectivity index (χ1n) is 6.45. The van der Waals surface area contributed by atoms with Gasteiger partial charge in [0.1, 0.15) is 0 Å². The lowest BCUT2D eigenvalue weighted by atomic mass is 10.1. The molecule has 0 amide bonds. The van der Waals surface area contributed by atoms with Crippen molar-refractivity contribution >= 4 is 10.9 Å². The number of aryl methyl sites for hydroxylation is 2.